The first-order chi connectivity index (χ1) is 9.19. The summed E-state index contributed by atoms with van der Waals surface area (Å²) in [4.78, 5) is 14.1. The minimum Gasteiger partial charge on any atom is -0.497 e. The lowest BCUT2D eigenvalue weighted by Gasteiger charge is -2.42. The molecule has 0 spiro atoms. The zero-order valence-corrected chi connectivity index (χ0v) is 11.4. The number of nitrogens with one attached hydrogen (secondary N) is 1. The van der Waals surface area contributed by atoms with E-state index in [4.69, 9.17) is 4.74 Å². The Kier molecular flexibility index (Phi) is 3.19. The minimum absolute atomic E-state index is 0.0000926. The second-order valence-electron chi connectivity index (χ2n) is 5.59. The molecule has 0 aromatic heterocycles. The molecule has 1 atom stereocenters. The standard InChI is InChI=1S/C15H20N2O2/c1-10-6-12(7-10)17-14(18)9-16-15(17)11-4-3-5-13(8-11)19-2/h3-5,8,10,12,15-16H,6-7,9H2,1-2H3. The van der Waals surface area contributed by atoms with Crippen LogP contribution in [0.1, 0.15) is 31.5 Å². The van der Waals surface area contributed by atoms with E-state index in [9.17, 15) is 4.79 Å². The molecule has 1 unspecified atom stereocenters. The Labute approximate surface area is 113 Å². The predicted molar refractivity (Wildman–Crippen MR) is 72.8 cm³/mol. The van der Waals surface area contributed by atoms with Gasteiger partial charge < -0.3 is 9.64 Å². The van der Waals surface area contributed by atoms with Crippen molar-refractivity contribution in [3.63, 3.8) is 0 Å². The Morgan fingerprint density at radius 1 is 1.37 bits per heavy atom. The monoisotopic (exact) mass is 260 g/mol. The van der Waals surface area contributed by atoms with Gasteiger partial charge in [0.25, 0.3) is 0 Å². The first kappa shape index (κ1) is 12.5. The minimum atomic E-state index is 0.0000926. The Bertz CT molecular complexity index is 483. The van der Waals surface area contributed by atoms with Gasteiger partial charge in [-0.25, -0.2) is 0 Å². The number of nitrogens with zero attached hydrogens (tertiary/aromatic N) is 1. The molecule has 102 valence electrons. The predicted octanol–water partition coefficient (Wildman–Crippen LogP) is 1.92. The summed E-state index contributed by atoms with van der Waals surface area (Å²) in [5, 5.41) is 3.31. The first-order valence-electron chi connectivity index (χ1n) is 6.87. The van der Waals surface area contributed by atoms with E-state index in [1.165, 1.54) is 0 Å². The maximum Gasteiger partial charge on any atom is 0.238 e. The average molecular weight is 260 g/mol. The summed E-state index contributed by atoms with van der Waals surface area (Å²) < 4.78 is 5.26. The Morgan fingerprint density at radius 3 is 2.84 bits per heavy atom. The average Bonchev–Trinajstić information content (AvgIpc) is 2.77. The summed E-state index contributed by atoms with van der Waals surface area (Å²) >= 11 is 0. The molecule has 2 aliphatic rings. The van der Waals surface area contributed by atoms with Gasteiger partial charge in [0, 0.05) is 6.04 Å². The molecule has 1 N–H and O–H groups in total. The van der Waals surface area contributed by atoms with Crippen molar-refractivity contribution in [2.75, 3.05) is 13.7 Å². The van der Waals surface area contributed by atoms with Gasteiger partial charge in [-0.15, -0.1) is 0 Å². The van der Waals surface area contributed by atoms with Gasteiger partial charge in [-0.3, -0.25) is 10.1 Å². The van der Waals surface area contributed by atoms with Gasteiger partial charge >= 0.3 is 0 Å². The lowest BCUT2D eigenvalue weighted by atomic mass is 9.80. The highest BCUT2D eigenvalue weighted by molar-refractivity contribution is 5.81. The third-order valence-corrected chi connectivity index (χ3v) is 4.16. The van der Waals surface area contributed by atoms with Crippen LogP contribution < -0.4 is 10.1 Å². The maximum absolute atomic E-state index is 12.1. The zero-order chi connectivity index (χ0) is 13.4. The van der Waals surface area contributed by atoms with Crippen molar-refractivity contribution in [3.8, 4) is 5.75 Å². The summed E-state index contributed by atoms with van der Waals surface area (Å²) in [7, 11) is 1.66. The molecule has 0 radical (unpaired) electrons. The highest BCUT2D eigenvalue weighted by Crippen LogP contribution is 2.37. The second kappa shape index (κ2) is 4.85. The molecule has 1 aromatic carbocycles. The molecule has 1 heterocycles. The van der Waals surface area contributed by atoms with Gasteiger partial charge in [0.1, 0.15) is 11.9 Å². The highest BCUT2D eigenvalue weighted by atomic mass is 16.5. The maximum atomic E-state index is 12.1. The molecule has 4 heteroatoms. The van der Waals surface area contributed by atoms with Crippen molar-refractivity contribution in [2.24, 2.45) is 5.92 Å². The quantitative estimate of drug-likeness (QED) is 0.903. The Morgan fingerprint density at radius 2 is 2.16 bits per heavy atom. The lowest BCUT2D eigenvalue weighted by molar-refractivity contribution is -0.133. The van der Waals surface area contributed by atoms with Crippen LogP contribution in [-0.4, -0.2) is 30.5 Å². The van der Waals surface area contributed by atoms with Gasteiger partial charge in [-0.05, 0) is 36.5 Å². The molecule has 1 aliphatic carbocycles. The van der Waals surface area contributed by atoms with Crippen LogP contribution >= 0.6 is 0 Å². The van der Waals surface area contributed by atoms with E-state index in [2.05, 4.69) is 12.2 Å². The van der Waals surface area contributed by atoms with E-state index in [-0.39, 0.29) is 12.1 Å². The summed E-state index contributed by atoms with van der Waals surface area (Å²) in [6.45, 7) is 2.68. The Balaban J connectivity index is 1.83. The van der Waals surface area contributed by atoms with Crippen LogP contribution in [-0.2, 0) is 4.79 Å². The van der Waals surface area contributed by atoms with Gasteiger partial charge in [-0.1, -0.05) is 19.1 Å². The second-order valence-corrected chi connectivity index (χ2v) is 5.59. The topological polar surface area (TPSA) is 41.6 Å². The third-order valence-electron chi connectivity index (χ3n) is 4.16. The third kappa shape index (κ3) is 2.21. The normalized spacial score (nSPS) is 30.3. The SMILES string of the molecule is COc1cccc(C2NCC(=O)N2C2CC(C)C2)c1. The number of benzene rings is 1. The largest absolute Gasteiger partial charge is 0.497 e. The fraction of sp³-hybridized carbons (Fsp3) is 0.533. The van der Waals surface area contributed by atoms with Crippen molar-refractivity contribution in [2.45, 2.75) is 32.0 Å². The van der Waals surface area contributed by atoms with E-state index in [0.29, 0.717) is 12.6 Å². The van der Waals surface area contributed by atoms with Crippen molar-refractivity contribution in [3.05, 3.63) is 29.8 Å². The van der Waals surface area contributed by atoms with E-state index in [0.717, 1.165) is 30.1 Å². The molecule has 1 saturated heterocycles. The van der Waals surface area contributed by atoms with Crippen LogP contribution in [0.3, 0.4) is 0 Å². The zero-order valence-electron chi connectivity index (χ0n) is 11.4. The molecule has 1 saturated carbocycles. The molecule has 1 aromatic rings. The molecular weight excluding hydrogens is 240 g/mol. The van der Waals surface area contributed by atoms with Crippen LogP contribution in [0.4, 0.5) is 0 Å². The van der Waals surface area contributed by atoms with Crippen molar-refractivity contribution >= 4 is 5.91 Å². The van der Waals surface area contributed by atoms with Gasteiger partial charge in [0.15, 0.2) is 0 Å². The molecule has 1 aliphatic heterocycles. The number of methoxy groups -OCH3 is 1. The lowest BCUT2D eigenvalue weighted by Crippen LogP contribution is -2.46. The summed E-state index contributed by atoms with van der Waals surface area (Å²) in [5.41, 5.74) is 1.10. The molecule has 4 nitrogen and oxygen atoms in total. The first-order valence-corrected chi connectivity index (χ1v) is 6.87. The van der Waals surface area contributed by atoms with E-state index in [1.807, 2.05) is 29.2 Å². The number of carbonyl (C=O) groups is 1. The van der Waals surface area contributed by atoms with E-state index >= 15 is 0 Å². The summed E-state index contributed by atoms with van der Waals surface area (Å²) in [6, 6.07) is 8.35. The van der Waals surface area contributed by atoms with Crippen molar-refractivity contribution in [1.29, 1.82) is 0 Å². The van der Waals surface area contributed by atoms with Gasteiger partial charge in [0.2, 0.25) is 5.91 Å². The van der Waals surface area contributed by atoms with Crippen LogP contribution in [0.25, 0.3) is 0 Å². The molecule has 2 fully saturated rings. The smallest absolute Gasteiger partial charge is 0.238 e. The van der Waals surface area contributed by atoms with Crippen LogP contribution in [0.15, 0.2) is 24.3 Å². The number of rotatable bonds is 3. The van der Waals surface area contributed by atoms with Gasteiger partial charge in [0.05, 0.1) is 13.7 Å². The van der Waals surface area contributed by atoms with Crippen molar-refractivity contribution in [1.82, 2.24) is 10.2 Å². The molecule has 3 rings (SSSR count). The van der Waals surface area contributed by atoms with Crippen LogP contribution in [0.2, 0.25) is 0 Å². The highest BCUT2D eigenvalue weighted by Gasteiger charge is 2.41. The summed E-state index contributed by atoms with van der Waals surface area (Å²) in [6.07, 6.45) is 2.24. The fourth-order valence-electron chi connectivity index (χ4n) is 3.11. The van der Waals surface area contributed by atoms with E-state index in [1.54, 1.807) is 7.11 Å². The fourth-order valence-corrected chi connectivity index (χ4v) is 3.11. The Hall–Kier alpha value is -1.55. The number of hydrogen-bond acceptors (Lipinski definition) is 3. The number of carbonyl (C=O) groups excluding carboxylic acids is 1. The summed E-state index contributed by atoms with van der Waals surface area (Å²) in [5.74, 6) is 1.79. The van der Waals surface area contributed by atoms with Crippen molar-refractivity contribution < 1.29 is 9.53 Å². The van der Waals surface area contributed by atoms with E-state index < -0.39 is 0 Å². The molecular formula is C15H20N2O2. The number of ether oxygens (including phenoxy) is 1. The van der Waals surface area contributed by atoms with Gasteiger partial charge in [-0.2, -0.15) is 0 Å². The number of hydrogen-bond donors (Lipinski definition) is 1. The van der Waals surface area contributed by atoms with Crippen LogP contribution in [0.5, 0.6) is 5.75 Å². The molecule has 1 amide bonds. The molecule has 19 heavy (non-hydrogen) atoms. The molecule has 0 bridgehead atoms. The van der Waals surface area contributed by atoms with Crippen LogP contribution in [0, 0.1) is 5.92 Å². The number of amides is 1.